The smallest absolute Gasteiger partial charge is 0.240 e. The van der Waals surface area contributed by atoms with Gasteiger partial charge in [0.2, 0.25) is 5.91 Å². The summed E-state index contributed by atoms with van der Waals surface area (Å²) in [6, 6.07) is -0.0875. The molecule has 2 aliphatic rings. The van der Waals surface area contributed by atoms with Gasteiger partial charge in [-0.2, -0.15) is 0 Å². The molecule has 6 heteroatoms. The van der Waals surface area contributed by atoms with Crippen LogP contribution in [0.5, 0.6) is 0 Å². The molecule has 3 atom stereocenters. The van der Waals surface area contributed by atoms with E-state index in [1.807, 2.05) is 0 Å². The van der Waals surface area contributed by atoms with E-state index in [0.717, 1.165) is 38.4 Å². The fourth-order valence-electron chi connectivity index (χ4n) is 3.32. The number of sulfone groups is 1. The number of amides is 1. The Balaban J connectivity index is 2.18. The molecule has 2 fully saturated rings. The minimum Gasteiger partial charge on any atom is -0.338 e. The Morgan fingerprint density at radius 1 is 1.25 bits per heavy atom. The second kappa shape index (κ2) is 5.84. The molecule has 3 unspecified atom stereocenters. The van der Waals surface area contributed by atoms with Crippen LogP contribution in [0.3, 0.4) is 0 Å². The molecular formula is C14H23NO4S. The number of piperidine rings is 1. The molecule has 2 rings (SSSR count). The third-order valence-electron chi connectivity index (χ3n) is 4.64. The van der Waals surface area contributed by atoms with Gasteiger partial charge in [0.05, 0.1) is 0 Å². The van der Waals surface area contributed by atoms with Gasteiger partial charge in [0.25, 0.3) is 0 Å². The van der Waals surface area contributed by atoms with E-state index >= 15 is 0 Å². The minimum absolute atomic E-state index is 0.0778. The standard InChI is InChI=1S/C14H23NO4S/c1-10(20(2,18)19)14(17)15-9-4-3-7-12(15)11-6-5-8-13(11)16/h10-12H,3-9H2,1-2H3. The van der Waals surface area contributed by atoms with Crippen molar-refractivity contribution >= 4 is 21.5 Å². The summed E-state index contributed by atoms with van der Waals surface area (Å²) in [6.07, 6.45) is 6.13. The van der Waals surface area contributed by atoms with Gasteiger partial charge in [-0.15, -0.1) is 0 Å². The second-order valence-corrected chi connectivity index (χ2v) is 8.40. The molecule has 1 saturated carbocycles. The normalized spacial score (nSPS) is 29.5. The number of carbonyl (C=O) groups is 2. The Morgan fingerprint density at radius 2 is 1.95 bits per heavy atom. The maximum absolute atomic E-state index is 12.5. The Morgan fingerprint density at radius 3 is 2.50 bits per heavy atom. The van der Waals surface area contributed by atoms with Crippen LogP contribution in [0.2, 0.25) is 0 Å². The van der Waals surface area contributed by atoms with Gasteiger partial charge in [-0.25, -0.2) is 8.42 Å². The average Bonchev–Trinajstić information content (AvgIpc) is 2.82. The van der Waals surface area contributed by atoms with Crippen LogP contribution in [0.15, 0.2) is 0 Å². The number of Topliss-reactive ketones (excluding diaryl/α,β-unsaturated/α-hetero) is 1. The maximum Gasteiger partial charge on any atom is 0.240 e. The number of carbonyl (C=O) groups excluding carboxylic acids is 2. The van der Waals surface area contributed by atoms with Gasteiger partial charge in [0, 0.05) is 31.2 Å². The van der Waals surface area contributed by atoms with Gasteiger partial charge >= 0.3 is 0 Å². The maximum atomic E-state index is 12.5. The molecule has 0 aromatic rings. The van der Waals surface area contributed by atoms with Crippen molar-refractivity contribution in [2.24, 2.45) is 5.92 Å². The van der Waals surface area contributed by atoms with Crippen molar-refractivity contribution in [2.45, 2.75) is 56.7 Å². The first kappa shape index (κ1) is 15.5. The topological polar surface area (TPSA) is 71.5 Å². The van der Waals surface area contributed by atoms with Crippen LogP contribution in [0.25, 0.3) is 0 Å². The van der Waals surface area contributed by atoms with Crippen LogP contribution in [0.4, 0.5) is 0 Å². The zero-order valence-electron chi connectivity index (χ0n) is 12.2. The van der Waals surface area contributed by atoms with E-state index in [1.54, 1.807) is 4.90 Å². The van der Waals surface area contributed by atoms with Crippen molar-refractivity contribution in [3.63, 3.8) is 0 Å². The van der Waals surface area contributed by atoms with Crippen molar-refractivity contribution in [2.75, 3.05) is 12.8 Å². The second-order valence-electron chi connectivity index (χ2n) is 6.03. The molecule has 5 nitrogen and oxygen atoms in total. The summed E-state index contributed by atoms with van der Waals surface area (Å²) in [7, 11) is -3.39. The van der Waals surface area contributed by atoms with Crippen LogP contribution in [0, 0.1) is 5.92 Å². The highest BCUT2D eigenvalue weighted by atomic mass is 32.2. The Bertz CT molecular complexity index is 499. The van der Waals surface area contributed by atoms with Crippen LogP contribution in [-0.4, -0.2) is 49.1 Å². The van der Waals surface area contributed by atoms with E-state index in [-0.39, 0.29) is 23.7 Å². The van der Waals surface area contributed by atoms with Crippen LogP contribution in [0.1, 0.15) is 45.4 Å². The van der Waals surface area contributed by atoms with Gasteiger partial charge in [0.15, 0.2) is 9.84 Å². The van der Waals surface area contributed by atoms with E-state index in [2.05, 4.69) is 0 Å². The quantitative estimate of drug-likeness (QED) is 0.784. The zero-order valence-corrected chi connectivity index (χ0v) is 13.0. The molecule has 20 heavy (non-hydrogen) atoms. The lowest BCUT2D eigenvalue weighted by atomic mass is 9.88. The van der Waals surface area contributed by atoms with Gasteiger partial charge in [0.1, 0.15) is 11.0 Å². The molecule has 0 aromatic carbocycles. The number of rotatable bonds is 3. The summed E-state index contributed by atoms with van der Waals surface area (Å²) in [5.74, 6) is -0.176. The molecule has 0 spiro atoms. The highest BCUT2D eigenvalue weighted by molar-refractivity contribution is 7.92. The number of hydrogen-bond acceptors (Lipinski definition) is 4. The van der Waals surface area contributed by atoms with Crippen LogP contribution < -0.4 is 0 Å². The van der Waals surface area contributed by atoms with Gasteiger partial charge in [-0.3, -0.25) is 9.59 Å². The molecule has 1 aliphatic heterocycles. The van der Waals surface area contributed by atoms with Crippen LogP contribution >= 0.6 is 0 Å². The summed E-state index contributed by atoms with van der Waals surface area (Å²) in [4.78, 5) is 26.1. The first-order valence-electron chi connectivity index (χ1n) is 7.34. The molecule has 114 valence electrons. The van der Waals surface area contributed by atoms with E-state index in [0.29, 0.717) is 13.0 Å². The summed E-state index contributed by atoms with van der Waals surface area (Å²) in [6.45, 7) is 2.02. The molecule has 0 radical (unpaired) electrons. The van der Waals surface area contributed by atoms with E-state index < -0.39 is 15.1 Å². The fraction of sp³-hybridized carbons (Fsp3) is 0.857. The minimum atomic E-state index is -3.39. The van der Waals surface area contributed by atoms with Crippen LogP contribution in [-0.2, 0) is 19.4 Å². The summed E-state index contributed by atoms with van der Waals surface area (Å²) in [5, 5.41) is -1.01. The van der Waals surface area contributed by atoms with Crippen molar-refractivity contribution in [1.82, 2.24) is 4.90 Å². The van der Waals surface area contributed by atoms with E-state index in [1.165, 1.54) is 6.92 Å². The first-order chi connectivity index (χ1) is 9.32. The molecule has 1 heterocycles. The third-order valence-corrected chi connectivity index (χ3v) is 6.12. The first-order valence-corrected chi connectivity index (χ1v) is 9.30. The molecule has 1 amide bonds. The molecular weight excluding hydrogens is 278 g/mol. The molecule has 1 aliphatic carbocycles. The lowest BCUT2D eigenvalue weighted by Crippen LogP contribution is -2.52. The predicted octanol–water partition coefficient (Wildman–Crippen LogP) is 1.17. The number of ketones is 1. The highest BCUT2D eigenvalue weighted by Gasteiger charge is 2.41. The van der Waals surface area contributed by atoms with E-state index in [4.69, 9.17) is 0 Å². The molecule has 0 bridgehead atoms. The Kier molecular flexibility index (Phi) is 4.52. The number of likely N-dealkylation sites (tertiary alicyclic amines) is 1. The van der Waals surface area contributed by atoms with Crippen molar-refractivity contribution in [3.05, 3.63) is 0 Å². The number of nitrogens with zero attached hydrogens (tertiary/aromatic N) is 1. The van der Waals surface area contributed by atoms with Gasteiger partial charge < -0.3 is 4.90 Å². The fourth-order valence-corrected chi connectivity index (χ4v) is 3.82. The lowest BCUT2D eigenvalue weighted by Gasteiger charge is -2.39. The third kappa shape index (κ3) is 3.05. The van der Waals surface area contributed by atoms with Gasteiger partial charge in [-0.1, -0.05) is 0 Å². The highest BCUT2D eigenvalue weighted by Crippen LogP contribution is 2.33. The monoisotopic (exact) mass is 301 g/mol. The van der Waals surface area contributed by atoms with Crippen molar-refractivity contribution < 1.29 is 18.0 Å². The largest absolute Gasteiger partial charge is 0.338 e. The Hall–Kier alpha value is -0.910. The Labute approximate surface area is 120 Å². The van der Waals surface area contributed by atoms with Crippen molar-refractivity contribution in [3.8, 4) is 0 Å². The summed E-state index contributed by atoms with van der Waals surface area (Å²) < 4.78 is 23.2. The van der Waals surface area contributed by atoms with Crippen molar-refractivity contribution in [1.29, 1.82) is 0 Å². The predicted molar refractivity (Wildman–Crippen MR) is 76.0 cm³/mol. The van der Waals surface area contributed by atoms with E-state index in [9.17, 15) is 18.0 Å². The molecule has 0 aromatic heterocycles. The molecule has 0 N–H and O–H groups in total. The lowest BCUT2D eigenvalue weighted by molar-refractivity contribution is -0.137. The molecule has 1 saturated heterocycles. The van der Waals surface area contributed by atoms with Gasteiger partial charge in [-0.05, 0) is 39.0 Å². The average molecular weight is 301 g/mol. The summed E-state index contributed by atoms with van der Waals surface area (Å²) in [5.41, 5.74) is 0. The summed E-state index contributed by atoms with van der Waals surface area (Å²) >= 11 is 0. The zero-order chi connectivity index (χ0) is 14.9. The SMILES string of the molecule is CC(C(=O)N1CCCCC1C1CCCC1=O)S(C)(=O)=O. The number of hydrogen-bond donors (Lipinski definition) is 0.